The van der Waals surface area contributed by atoms with Crippen LogP contribution >= 0.6 is 11.3 Å². The van der Waals surface area contributed by atoms with Gasteiger partial charge in [0.05, 0.1) is 49.1 Å². The summed E-state index contributed by atoms with van der Waals surface area (Å²) in [5, 5.41) is 0.842. The van der Waals surface area contributed by atoms with E-state index in [9.17, 15) is 13.2 Å². The topological polar surface area (TPSA) is 95.0 Å². The lowest BCUT2D eigenvalue weighted by Gasteiger charge is -2.38. The maximum atomic E-state index is 12.4. The summed E-state index contributed by atoms with van der Waals surface area (Å²) in [6.45, 7) is 1.05. The molecule has 1 saturated heterocycles. The Morgan fingerprint density at radius 1 is 1.13 bits per heavy atom. The number of thiazole rings is 1. The lowest BCUT2D eigenvalue weighted by Crippen LogP contribution is -2.53. The van der Waals surface area contributed by atoms with Crippen LogP contribution in [0.3, 0.4) is 0 Å². The first-order chi connectivity index (χ1) is 14.9. The van der Waals surface area contributed by atoms with Crippen LogP contribution in [0, 0.1) is 0 Å². The van der Waals surface area contributed by atoms with Gasteiger partial charge in [0.2, 0.25) is 0 Å². The van der Waals surface area contributed by atoms with Crippen molar-refractivity contribution in [2.75, 3.05) is 38.0 Å². The highest BCUT2D eigenvalue weighted by molar-refractivity contribution is 7.91. The van der Waals surface area contributed by atoms with E-state index < -0.39 is 15.8 Å². The molecule has 2 aromatic carbocycles. The van der Waals surface area contributed by atoms with E-state index in [1.807, 2.05) is 23.1 Å². The Kier molecular flexibility index (Phi) is 6.01. The van der Waals surface area contributed by atoms with Crippen molar-refractivity contribution < 1.29 is 27.4 Å². The second-order valence-corrected chi connectivity index (χ2v) is 10.2. The standard InChI is InChI=1S/C21H22N2O6S2/c1-27-14-6-8-16(9-7-14)31(25,26)11-10-19(24)29-15-12-23(13-15)21-22-20-17(28-2)4-3-5-18(20)30-21/h3-9,15H,10-13H2,1-2H3. The van der Waals surface area contributed by atoms with E-state index in [4.69, 9.17) is 14.2 Å². The first-order valence-corrected chi connectivity index (χ1v) is 12.1. The van der Waals surface area contributed by atoms with Gasteiger partial charge in [-0.25, -0.2) is 13.4 Å². The molecule has 0 bridgehead atoms. The minimum Gasteiger partial charge on any atom is -0.497 e. The zero-order valence-corrected chi connectivity index (χ0v) is 18.7. The molecule has 1 fully saturated rings. The van der Waals surface area contributed by atoms with Gasteiger partial charge in [-0.15, -0.1) is 0 Å². The third-order valence-corrected chi connectivity index (χ3v) is 7.81. The maximum absolute atomic E-state index is 12.4. The number of fused-ring (bicyclic) bond motifs is 1. The summed E-state index contributed by atoms with van der Waals surface area (Å²) in [4.78, 5) is 18.9. The van der Waals surface area contributed by atoms with Gasteiger partial charge in [0.1, 0.15) is 23.1 Å². The van der Waals surface area contributed by atoms with Crippen LogP contribution in [0.25, 0.3) is 10.2 Å². The average molecular weight is 463 g/mol. The normalized spacial score (nSPS) is 14.3. The molecule has 1 aromatic heterocycles. The van der Waals surface area contributed by atoms with Crippen molar-refractivity contribution in [1.29, 1.82) is 0 Å². The molecular weight excluding hydrogens is 440 g/mol. The van der Waals surface area contributed by atoms with Gasteiger partial charge in [0, 0.05) is 0 Å². The van der Waals surface area contributed by atoms with E-state index in [2.05, 4.69) is 4.98 Å². The van der Waals surface area contributed by atoms with E-state index in [0.717, 1.165) is 21.1 Å². The molecule has 1 aliphatic heterocycles. The Bertz CT molecular complexity index is 1180. The first-order valence-electron chi connectivity index (χ1n) is 9.64. The molecule has 0 spiro atoms. The number of carbonyl (C=O) groups is 1. The number of anilines is 1. The molecule has 0 unspecified atom stereocenters. The van der Waals surface area contributed by atoms with Crippen LogP contribution < -0.4 is 14.4 Å². The predicted octanol–water partition coefficient (Wildman–Crippen LogP) is 2.91. The maximum Gasteiger partial charge on any atom is 0.307 e. The number of carbonyl (C=O) groups excluding carboxylic acids is 1. The quantitative estimate of drug-likeness (QED) is 0.472. The van der Waals surface area contributed by atoms with Crippen molar-refractivity contribution in [3.63, 3.8) is 0 Å². The zero-order chi connectivity index (χ0) is 22.0. The Labute approximate surface area is 184 Å². The van der Waals surface area contributed by atoms with E-state index in [1.165, 1.54) is 19.2 Å². The summed E-state index contributed by atoms with van der Waals surface area (Å²) in [5.74, 6) is 0.473. The Balaban J connectivity index is 1.28. The molecule has 10 heteroatoms. The van der Waals surface area contributed by atoms with Crippen LogP contribution in [0.2, 0.25) is 0 Å². The van der Waals surface area contributed by atoms with Crippen molar-refractivity contribution in [2.24, 2.45) is 0 Å². The van der Waals surface area contributed by atoms with Crippen LogP contribution in [-0.2, 0) is 19.4 Å². The number of sulfone groups is 1. The number of rotatable bonds is 8. The Morgan fingerprint density at radius 3 is 2.55 bits per heavy atom. The molecular formula is C21H22N2O6S2. The van der Waals surface area contributed by atoms with Crippen LogP contribution in [0.5, 0.6) is 11.5 Å². The Hall–Kier alpha value is -2.85. The number of nitrogens with zero attached hydrogens (tertiary/aromatic N) is 2. The van der Waals surface area contributed by atoms with Gasteiger partial charge in [0.25, 0.3) is 0 Å². The molecule has 0 radical (unpaired) electrons. The van der Waals surface area contributed by atoms with E-state index in [0.29, 0.717) is 18.8 Å². The van der Waals surface area contributed by atoms with Gasteiger partial charge >= 0.3 is 5.97 Å². The van der Waals surface area contributed by atoms with Crippen LogP contribution in [0.1, 0.15) is 6.42 Å². The molecule has 164 valence electrons. The minimum absolute atomic E-state index is 0.155. The van der Waals surface area contributed by atoms with Crippen molar-refractivity contribution in [3.05, 3.63) is 42.5 Å². The van der Waals surface area contributed by atoms with Crippen molar-refractivity contribution in [1.82, 2.24) is 4.98 Å². The molecule has 2 heterocycles. The first kappa shape index (κ1) is 21.4. The molecule has 1 aliphatic rings. The summed E-state index contributed by atoms with van der Waals surface area (Å²) in [6.07, 6.45) is -0.464. The number of para-hydroxylation sites is 1. The van der Waals surface area contributed by atoms with Crippen LogP contribution in [0.4, 0.5) is 5.13 Å². The number of ether oxygens (including phenoxy) is 3. The van der Waals surface area contributed by atoms with Crippen LogP contribution in [-0.4, -0.2) is 58.5 Å². The number of hydrogen-bond donors (Lipinski definition) is 0. The fourth-order valence-electron chi connectivity index (χ4n) is 3.24. The molecule has 0 saturated carbocycles. The Morgan fingerprint density at radius 2 is 1.87 bits per heavy atom. The highest BCUT2D eigenvalue weighted by atomic mass is 32.2. The van der Waals surface area contributed by atoms with Gasteiger partial charge in [0.15, 0.2) is 15.0 Å². The average Bonchev–Trinajstić information content (AvgIpc) is 3.18. The molecule has 0 amide bonds. The SMILES string of the molecule is COc1ccc(S(=O)(=O)CCC(=O)OC2CN(c3nc4c(OC)cccc4s3)C2)cc1. The largest absolute Gasteiger partial charge is 0.497 e. The third-order valence-electron chi connectivity index (χ3n) is 5.00. The summed E-state index contributed by atoms with van der Waals surface area (Å²) >= 11 is 1.55. The molecule has 0 N–H and O–H groups in total. The zero-order valence-electron chi connectivity index (χ0n) is 17.1. The molecule has 3 aromatic rings. The molecule has 8 nitrogen and oxygen atoms in total. The molecule has 0 atom stereocenters. The number of benzene rings is 2. The van der Waals surface area contributed by atoms with Gasteiger partial charge < -0.3 is 19.1 Å². The summed E-state index contributed by atoms with van der Waals surface area (Å²) in [7, 11) is -0.445. The van der Waals surface area contributed by atoms with E-state index in [-0.39, 0.29) is 23.2 Å². The van der Waals surface area contributed by atoms with Gasteiger partial charge in [-0.05, 0) is 36.4 Å². The lowest BCUT2D eigenvalue weighted by molar-refractivity contribution is -0.149. The number of methoxy groups -OCH3 is 2. The van der Waals surface area contributed by atoms with E-state index in [1.54, 1.807) is 30.6 Å². The minimum atomic E-state index is -3.57. The van der Waals surface area contributed by atoms with Gasteiger partial charge in [-0.1, -0.05) is 17.4 Å². The number of hydrogen-bond acceptors (Lipinski definition) is 9. The van der Waals surface area contributed by atoms with Gasteiger partial charge in [-0.3, -0.25) is 4.79 Å². The molecule has 31 heavy (non-hydrogen) atoms. The highest BCUT2D eigenvalue weighted by Crippen LogP contribution is 2.36. The molecule has 4 rings (SSSR count). The molecule has 0 aliphatic carbocycles. The fourth-order valence-corrected chi connectivity index (χ4v) is 5.47. The van der Waals surface area contributed by atoms with Crippen molar-refractivity contribution in [3.8, 4) is 11.5 Å². The lowest BCUT2D eigenvalue weighted by atomic mass is 10.2. The monoisotopic (exact) mass is 462 g/mol. The second-order valence-electron chi connectivity index (χ2n) is 7.06. The number of esters is 1. The third kappa shape index (κ3) is 4.59. The summed E-state index contributed by atoms with van der Waals surface area (Å²) < 4.78 is 41.6. The predicted molar refractivity (Wildman–Crippen MR) is 118 cm³/mol. The van der Waals surface area contributed by atoms with Crippen molar-refractivity contribution in [2.45, 2.75) is 17.4 Å². The highest BCUT2D eigenvalue weighted by Gasteiger charge is 2.32. The van der Waals surface area contributed by atoms with E-state index >= 15 is 0 Å². The summed E-state index contributed by atoms with van der Waals surface area (Å²) in [6, 6.07) is 11.9. The summed E-state index contributed by atoms with van der Waals surface area (Å²) in [5.41, 5.74) is 0.814. The number of aromatic nitrogens is 1. The second kappa shape index (κ2) is 8.72. The van der Waals surface area contributed by atoms with Gasteiger partial charge in [-0.2, -0.15) is 0 Å². The smallest absolute Gasteiger partial charge is 0.307 e. The van der Waals surface area contributed by atoms with Crippen molar-refractivity contribution >= 4 is 42.5 Å². The van der Waals surface area contributed by atoms with Crippen LogP contribution in [0.15, 0.2) is 47.4 Å². The fraction of sp³-hybridized carbons (Fsp3) is 0.333.